The van der Waals surface area contributed by atoms with Crippen LogP contribution in [0.3, 0.4) is 0 Å². The molecule has 1 aliphatic heterocycles. The molecule has 0 spiro atoms. The molecule has 0 radical (unpaired) electrons. The number of pyridine rings is 1. The summed E-state index contributed by atoms with van der Waals surface area (Å²) >= 11 is 0. The summed E-state index contributed by atoms with van der Waals surface area (Å²) in [6.07, 6.45) is 0. The van der Waals surface area contributed by atoms with Gasteiger partial charge in [-0.15, -0.1) is 0 Å². The normalized spacial score (nSPS) is 13.5. The Labute approximate surface area is 111 Å². The number of ether oxygens (including phenoxy) is 1. The number of benzene rings is 1. The van der Waals surface area contributed by atoms with Gasteiger partial charge < -0.3 is 10.1 Å². The number of rotatable bonds is 1. The van der Waals surface area contributed by atoms with Crippen molar-refractivity contribution in [2.24, 2.45) is 0 Å². The molecule has 0 bridgehead atoms. The number of nitrogens with zero attached hydrogens (tertiary/aromatic N) is 1. The van der Waals surface area contributed by atoms with E-state index in [9.17, 15) is 4.79 Å². The number of aromatic nitrogens is 1. The fraction of sp³-hybridized carbons (Fsp3) is 0.200. The lowest BCUT2D eigenvalue weighted by Crippen LogP contribution is -2.26. The molecule has 96 valence electrons. The average Bonchev–Trinajstić information content (AvgIpc) is 2.40. The summed E-state index contributed by atoms with van der Waals surface area (Å²) in [5.41, 5.74) is 4.25. The molecule has 0 fully saturated rings. The predicted octanol–water partition coefficient (Wildman–Crippen LogP) is 2.70. The molecule has 3 rings (SSSR count). The molecule has 2 aromatic rings. The Morgan fingerprint density at radius 3 is 2.89 bits per heavy atom. The van der Waals surface area contributed by atoms with E-state index in [1.54, 1.807) is 0 Å². The second kappa shape index (κ2) is 4.39. The lowest BCUT2D eigenvalue weighted by molar-refractivity contribution is -0.118. The monoisotopic (exact) mass is 254 g/mol. The zero-order chi connectivity index (χ0) is 13.4. The van der Waals surface area contributed by atoms with Crippen LogP contribution in [0.15, 0.2) is 30.3 Å². The maximum absolute atomic E-state index is 11.3. The Morgan fingerprint density at radius 2 is 2.05 bits per heavy atom. The van der Waals surface area contributed by atoms with Crippen molar-refractivity contribution in [2.45, 2.75) is 13.8 Å². The third-order valence-corrected chi connectivity index (χ3v) is 3.14. The first-order valence-corrected chi connectivity index (χ1v) is 6.15. The van der Waals surface area contributed by atoms with Gasteiger partial charge in [-0.05, 0) is 37.6 Å². The summed E-state index contributed by atoms with van der Waals surface area (Å²) in [6.45, 7) is 4.15. The summed E-state index contributed by atoms with van der Waals surface area (Å²) in [5.74, 6) is 0.946. The zero-order valence-corrected chi connectivity index (χ0v) is 10.9. The second-order valence-electron chi connectivity index (χ2n) is 4.70. The number of nitrogens with one attached hydrogen (secondary N) is 1. The summed E-state index contributed by atoms with van der Waals surface area (Å²) in [4.78, 5) is 15.8. The Hall–Kier alpha value is -2.36. The summed E-state index contributed by atoms with van der Waals surface area (Å²) < 4.78 is 5.31. The van der Waals surface area contributed by atoms with Gasteiger partial charge in [-0.25, -0.2) is 4.98 Å². The standard InChI is InChI=1S/C15H14N2O2/c1-9-3-4-10(2)11(7-9)12-5-6-13-15(16-12)17-14(18)8-19-13/h3-7H,8H2,1-2H3,(H,16,17,18). The number of hydrogen-bond acceptors (Lipinski definition) is 3. The SMILES string of the molecule is Cc1ccc(C)c(-c2ccc3c(n2)NC(=O)CO3)c1. The van der Waals surface area contributed by atoms with Crippen LogP contribution < -0.4 is 10.1 Å². The second-order valence-corrected chi connectivity index (χ2v) is 4.70. The van der Waals surface area contributed by atoms with Gasteiger partial charge in [0.2, 0.25) is 0 Å². The maximum atomic E-state index is 11.3. The van der Waals surface area contributed by atoms with Gasteiger partial charge in [0.05, 0.1) is 5.69 Å². The fourth-order valence-corrected chi connectivity index (χ4v) is 2.13. The molecule has 0 unspecified atom stereocenters. The number of carbonyl (C=O) groups is 1. The molecule has 4 nitrogen and oxygen atoms in total. The van der Waals surface area contributed by atoms with Crippen LogP contribution in [-0.4, -0.2) is 17.5 Å². The third-order valence-electron chi connectivity index (χ3n) is 3.14. The van der Waals surface area contributed by atoms with Crippen LogP contribution >= 0.6 is 0 Å². The van der Waals surface area contributed by atoms with Crippen LogP contribution in [0.25, 0.3) is 11.3 Å². The number of amides is 1. The van der Waals surface area contributed by atoms with E-state index in [1.165, 1.54) is 5.56 Å². The van der Waals surface area contributed by atoms with Crippen LogP contribution in [-0.2, 0) is 4.79 Å². The fourth-order valence-electron chi connectivity index (χ4n) is 2.13. The van der Waals surface area contributed by atoms with E-state index in [0.29, 0.717) is 11.6 Å². The number of hydrogen-bond donors (Lipinski definition) is 1. The summed E-state index contributed by atoms with van der Waals surface area (Å²) in [7, 11) is 0. The molecule has 1 amide bonds. The van der Waals surface area contributed by atoms with E-state index >= 15 is 0 Å². The van der Waals surface area contributed by atoms with Gasteiger partial charge in [-0.2, -0.15) is 0 Å². The van der Waals surface area contributed by atoms with Crippen molar-refractivity contribution in [3.05, 3.63) is 41.5 Å². The highest BCUT2D eigenvalue weighted by molar-refractivity contribution is 5.94. The topological polar surface area (TPSA) is 51.2 Å². The molecule has 1 aromatic carbocycles. The molecule has 0 atom stereocenters. The number of fused-ring (bicyclic) bond motifs is 1. The highest BCUT2D eigenvalue weighted by Crippen LogP contribution is 2.30. The Morgan fingerprint density at radius 1 is 1.21 bits per heavy atom. The van der Waals surface area contributed by atoms with Crippen molar-refractivity contribution in [3.8, 4) is 17.0 Å². The molecule has 1 aromatic heterocycles. The highest BCUT2D eigenvalue weighted by Gasteiger charge is 2.18. The van der Waals surface area contributed by atoms with Crippen molar-refractivity contribution in [3.63, 3.8) is 0 Å². The quantitative estimate of drug-likeness (QED) is 0.851. The molecule has 0 saturated carbocycles. The molecule has 1 N–H and O–H groups in total. The molecule has 19 heavy (non-hydrogen) atoms. The summed E-state index contributed by atoms with van der Waals surface area (Å²) in [5, 5.41) is 2.73. The highest BCUT2D eigenvalue weighted by atomic mass is 16.5. The number of carbonyl (C=O) groups excluding carboxylic acids is 1. The third kappa shape index (κ3) is 2.17. The van der Waals surface area contributed by atoms with Gasteiger partial charge in [-0.1, -0.05) is 17.7 Å². The van der Waals surface area contributed by atoms with Gasteiger partial charge >= 0.3 is 0 Å². The molecule has 0 saturated heterocycles. The van der Waals surface area contributed by atoms with Crippen LogP contribution in [0.2, 0.25) is 0 Å². The van der Waals surface area contributed by atoms with Gasteiger partial charge in [0.1, 0.15) is 0 Å². The van der Waals surface area contributed by atoms with E-state index in [4.69, 9.17) is 4.74 Å². The predicted molar refractivity (Wildman–Crippen MR) is 73.3 cm³/mol. The minimum atomic E-state index is -0.168. The first-order chi connectivity index (χ1) is 9.13. The van der Waals surface area contributed by atoms with Crippen molar-refractivity contribution in [1.82, 2.24) is 4.98 Å². The molecular weight excluding hydrogens is 240 g/mol. The molecular formula is C15H14N2O2. The van der Waals surface area contributed by atoms with Gasteiger partial charge in [0.25, 0.3) is 5.91 Å². The van der Waals surface area contributed by atoms with E-state index in [1.807, 2.05) is 26.0 Å². The van der Waals surface area contributed by atoms with E-state index in [2.05, 4.69) is 28.5 Å². The van der Waals surface area contributed by atoms with Crippen LogP contribution in [0.5, 0.6) is 5.75 Å². The van der Waals surface area contributed by atoms with Crippen LogP contribution in [0.1, 0.15) is 11.1 Å². The van der Waals surface area contributed by atoms with Crippen molar-refractivity contribution >= 4 is 11.7 Å². The van der Waals surface area contributed by atoms with Crippen molar-refractivity contribution in [1.29, 1.82) is 0 Å². The Kier molecular flexibility index (Phi) is 2.71. The molecule has 4 heteroatoms. The first-order valence-electron chi connectivity index (χ1n) is 6.15. The van der Waals surface area contributed by atoms with Crippen molar-refractivity contribution in [2.75, 3.05) is 11.9 Å². The van der Waals surface area contributed by atoms with Gasteiger partial charge in [-0.3, -0.25) is 4.79 Å². The van der Waals surface area contributed by atoms with Crippen molar-refractivity contribution < 1.29 is 9.53 Å². The molecule has 0 aliphatic carbocycles. The number of aryl methyl sites for hydroxylation is 2. The Balaban J connectivity index is 2.09. The van der Waals surface area contributed by atoms with Crippen LogP contribution in [0, 0.1) is 13.8 Å². The van der Waals surface area contributed by atoms with E-state index in [-0.39, 0.29) is 12.5 Å². The Bertz CT molecular complexity index is 665. The first kappa shape index (κ1) is 11.7. The lowest BCUT2D eigenvalue weighted by atomic mass is 10.0. The smallest absolute Gasteiger partial charge is 0.263 e. The van der Waals surface area contributed by atoms with E-state index < -0.39 is 0 Å². The lowest BCUT2D eigenvalue weighted by Gasteiger charge is -2.18. The minimum Gasteiger partial charge on any atom is -0.480 e. The van der Waals surface area contributed by atoms with Gasteiger partial charge in [0, 0.05) is 5.56 Å². The van der Waals surface area contributed by atoms with Crippen LogP contribution in [0.4, 0.5) is 5.82 Å². The molecule has 2 heterocycles. The van der Waals surface area contributed by atoms with E-state index in [0.717, 1.165) is 16.8 Å². The maximum Gasteiger partial charge on any atom is 0.263 e. The van der Waals surface area contributed by atoms with Gasteiger partial charge in [0.15, 0.2) is 18.2 Å². The largest absolute Gasteiger partial charge is 0.480 e. The average molecular weight is 254 g/mol. The zero-order valence-electron chi connectivity index (χ0n) is 10.9. The summed E-state index contributed by atoms with van der Waals surface area (Å²) in [6, 6.07) is 10.00. The minimum absolute atomic E-state index is 0.0531. The molecule has 1 aliphatic rings. The number of anilines is 1.